The third-order valence-corrected chi connectivity index (χ3v) is 5.11. The fourth-order valence-electron chi connectivity index (χ4n) is 2.93. The second kappa shape index (κ2) is 7.75. The van der Waals surface area contributed by atoms with Gasteiger partial charge in [-0.25, -0.2) is 0 Å². The standard InChI is InChI=1S/C19H28ClN3O2/c1-13-15(20)7-6-8-16(13)21-17(24)14(2)22-9-11-23(12-10-22)18(25)19(3,4)5/h6-8,14H,9-12H2,1-5H3,(H,21,24). The summed E-state index contributed by atoms with van der Waals surface area (Å²) in [5, 5.41) is 3.60. The van der Waals surface area contributed by atoms with E-state index in [4.69, 9.17) is 11.6 Å². The van der Waals surface area contributed by atoms with Gasteiger partial charge in [0.15, 0.2) is 0 Å². The van der Waals surface area contributed by atoms with Crippen molar-refractivity contribution in [3.05, 3.63) is 28.8 Å². The van der Waals surface area contributed by atoms with Crippen LogP contribution in [0.5, 0.6) is 0 Å². The molecule has 1 N–H and O–H groups in total. The smallest absolute Gasteiger partial charge is 0.241 e. The number of rotatable bonds is 3. The molecule has 0 aromatic heterocycles. The highest BCUT2D eigenvalue weighted by atomic mass is 35.5. The molecule has 1 fully saturated rings. The van der Waals surface area contributed by atoms with Crippen LogP contribution in [-0.4, -0.2) is 53.8 Å². The number of carbonyl (C=O) groups is 2. The zero-order valence-corrected chi connectivity index (χ0v) is 16.5. The second-order valence-corrected chi connectivity index (χ2v) is 8.06. The maximum atomic E-state index is 12.6. The molecule has 2 rings (SSSR count). The van der Waals surface area contributed by atoms with Crippen molar-refractivity contribution in [1.82, 2.24) is 9.80 Å². The first kappa shape index (κ1) is 19.7. The Morgan fingerprint density at radius 3 is 2.32 bits per heavy atom. The minimum absolute atomic E-state index is 0.0547. The van der Waals surface area contributed by atoms with E-state index in [-0.39, 0.29) is 23.3 Å². The molecule has 1 aliphatic heterocycles. The Balaban J connectivity index is 1.93. The fourth-order valence-corrected chi connectivity index (χ4v) is 3.11. The number of amides is 2. The maximum Gasteiger partial charge on any atom is 0.241 e. The van der Waals surface area contributed by atoms with Crippen LogP contribution in [0.15, 0.2) is 18.2 Å². The number of nitrogens with zero attached hydrogens (tertiary/aromatic N) is 2. The van der Waals surface area contributed by atoms with Gasteiger partial charge in [-0.3, -0.25) is 14.5 Å². The van der Waals surface area contributed by atoms with E-state index in [1.807, 2.05) is 51.7 Å². The summed E-state index contributed by atoms with van der Waals surface area (Å²) in [5.74, 6) is 0.111. The number of nitrogens with one attached hydrogen (secondary N) is 1. The Labute approximate surface area is 155 Å². The predicted octanol–water partition coefficient (Wildman–Crippen LogP) is 3.17. The van der Waals surface area contributed by atoms with Gasteiger partial charge in [0.25, 0.3) is 0 Å². The molecule has 25 heavy (non-hydrogen) atoms. The third kappa shape index (κ3) is 4.73. The van der Waals surface area contributed by atoms with Crippen molar-refractivity contribution >= 4 is 29.1 Å². The Hall–Kier alpha value is -1.59. The summed E-state index contributed by atoms with van der Waals surface area (Å²) >= 11 is 6.11. The summed E-state index contributed by atoms with van der Waals surface area (Å²) in [5.41, 5.74) is 1.24. The molecule has 6 heteroatoms. The van der Waals surface area contributed by atoms with Gasteiger partial charge in [0.1, 0.15) is 0 Å². The van der Waals surface area contributed by atoms with Crippen molar-refractivity contribution in [2.75, 3.05) is 31.5 Å². The summed E-state index contributed by atoms with van der Waals surface area (Å²) in [4.78, 5) is 28.9. The second-order valence-electron chi connectivity index (χ2n) is 7.66. The minimum Gasteiger partial charge on any atom is -0.340 e. The number of carbonyl (C=O) groups excluding carboxylic acids is 2. The van der Waals surface area contributed by atoms with E-state index in [9.17, 15) is 9.59 Å². The first-order valence-corrected chi connectivity index (χ1v) is 9.08. The van der Waals surface area contributed by atoms with Crippen molar-refractivity contribution in [1.29, 1.82) is 0 Å². The number of hydrogen-bond donors (Lipinski definition) is 1. The maximum absolute atomic E-state index is 12.6. The number of halogens is 1. The SMILES string of the molecule is Cc1c(Cl)cccc1NC(=O)C(C)N1CCN(C(=O)C(C)(C)C)CC1. The van der Waals surface area contributed by atoms with E-state index in [1.165, 1.54) is 0 Å². The highest BCUT2D eigenvalue weighted by Crippen LogP contribution is 2.24. The zero-order valence-electron chi connectivity index (χ0n) is 15.7. The average molecular weight is 366 g/mol. The van der Waals surface area contributed by atoms with Crippen molar-refractivity contribution in [2.24, 2.45) is 5.41 Å². The van der Waals surface area contributed by atoms with E-state index in [0.717, 1.165) is 11.3 Å². The summed E-state index contributed by atoms with van der Waals surface area (Å²) in [7, 11) is 0. The molecular weight excluding hydrogens is 338 g/mol. The van der Waals surface area contributed by atoms with E-state index in [1.54, 1.807) is 6.07 Å². The normalized spacial score (nSPS) is 17.3. The van der Waals surface area contributed by atoms with Crippen LogP contribution in [-0.2, 0) is 9.59 Å². The quantitative estimate of drug-likeness (QED) is 0.895. The van der Waals surface area contributed by atoms with Crippen LogP contribution >= 0.6 is 11.6 Å². The lowest BCUT2D eigenvalue weighted by molar-refractivity contribution is -0.141. The van der Waals surface area contributed by atoms with Gasteiger partial charge in [0.05, 0.1) is 6.04 Å². The highest BCUT2D eigenvalue weighted by Gasteiger charge is 2.32. The van der Waals surface area contributed by atoms with Crippen molar-refractivity contribution < 1.29 is 9.59 Å². The lowest BCUT2D eigenvalue weighted by atomic mass is 9.94. The van der Waals surface area contributed by atoms with Crippen LogP contribution in [0, 0.1) is 12.3 Å². The van der Waals surface area contributed by atoms with Gasteiger partial charge in [0.2, 0.25) is 11.8 Å². The molecule has 138 valence electrons. The molecule has 1 unspecified atom stereocenters. The molecule has 0 aliphatic carbocycles. The monoisotopic (exact) mass is 365 g/mol. The minimum atomic E-state index is -0.366. The molecule has 2 amide bonds. The number of piperazine rings is 1. The lowest BCUT2D eigenvalue weighted by Crippen LogP contribution is -2.55. The molecule has 0 bridgehead atoms. The van der Waals surface area contributed by atoms with Crippen LogP contribution in [0.3, 0.4) is 0 Å². The van der Waals surface area contributed by atoms with Crippen molar-refractivity contribution in [3.8, 4) is 0 Å². The largest absolute Gasteiger partial charge is 0.340 e. The molecule has 1 aromatic rings. The lowest BCUT2D eigenvalue weighted by Gasteiger charge is -2.39. The van der Waals surface area contributed by atoms with Gasteiger partial charge in [-0.15, -0.1) is 0 Å². The van der Waals surface area contributed by atoms with Crippen molar-refractivity contribution in [3.63, 3.8) is 0 Å². The van der Waals surface area contributed by atoms with Gasteiger partial charge in [-0.1, -0.05) is 38.4 Å². The third-order valence-electron chi connectivity index (χ3n) is 4.70. The number of hydrogen-bond acceptors (Lipinski definition) is 3. The summed E-state index contributed by atoms with van der Waals surface area (Å²) < 4.78 is 0. The van der Waals surface area contributed by atoms with E-state index in [0.29, 0.717) is 31.2 Å². The molecule has 0 radical (unpaired) electrons. The highest BCUT2D eigenvalue weighted by molar-refractivity contribution is 6.31. The average Bonchev–Trinajstić information content (AvgIpc) is 2.57. The topological polar surface area (TPSA) is 52.7 Å². The molecule has 1 heterocycles. The van der Waals surface area contributed by atoms with Gasteiger partial charge in [0, 0.05) is 42.3 Å². The van der Waals surface area contributed by atoms with Crippen LogP contribution in [0.4, 0.5) is 5.69 Å². The van der Waals surface area contributed by atoms with Gasteiger partial charge in [-0.05, 0) is 31.5 Å². The number of anilines is 1. The van der Waals surface area contributed by atoms with Crippen molar-refractivity contribution in [2.45, 2.75) is 40.7 Å². The van der Waals surface area contributed by atoms with E-state index < -0.39 is 0 Å². The molecular formula is C19H28ClN3O2. The fraction of sp³-hybridized carbons (Fsp3) is 0.579. The Bertz CT molecular complexity index is 647. The summed E-state index contributed by atoms with van der Waals surface area (Å²) in [6.45, 7) is 12.3. The molecule has 0 saturated carbocycles. The Morgan fingerprint density at radius 1 is 1.16 bits per heavy atom. The first-order chi connectivity index (χ1) is 11.6. The Morgan fingerprint density at radius 2 is 1.76 bits per heavy atom. The number of benzene rings is 1. The predicted molar refractivity (Wildman–Crippen MR) is 102 cm³/mol. The molecule has 5 nitrogen and oxygen atoms in total. The van der Waals surface area contributed by atoms with Crippen LogP contribution in [0.2, 0.25) is 5.02 Å². The van der Waals surface area contributed by atoms with Crippen LogP contribution < -0.4 is 5.32 Å². The molecule has 1 aliphatic rings. The molecule has 1 saturated heterocycles. The van der Waals surface area contributed by atoms with Crippen LogP contribution in [0.1, 0.15) is 33.3 Å². The van der Waals surface area contributed by atoms with E-state index in [2.05, 4.69) is 10.2 Å². The first-order valence-electron chi connectivity index (χ1n) is 8.70. The van der Waals surface area contributed by atoms with Gasteiger partial charge in [-0.2, -0.15) is 0 Å². The molecule has 0 spiro atoms. The van der Waals surface area contributed by atoms with Crippen LogP contribution in [0.25, 0.3) is 0 Å². The Kier molecular flexibility index (Phi) is 6.12. The van der Waals surface area contributed by atoms with Gasteiger partial charge < -0.3 is 10.2 Å². The molecule has 1 atom stereocenters. The van der Waals surface area contributed by atoms with E-state index >= 15 is 0 Å². The zero-order chi connectivity index (χ0) is 18.8. The molecule has 1 aromatic carbocycles. The summed E-state index contributed by atoms with van der Waals surface area (Å²) in [6.07, 6.45) is 0. The summed E-state index contributed by atoms with van der Waals surface area (Å²) in [6, 6.07) is 5.23. The van der Waals surface area contributed by atoms with Gasteiger partial charge >= 0.3 is 0 Å².